The Kier molecular flexibility index (Phi) is 11.5. The molecular weight excluding hydrogens is 398 g/mol. The average Bonchev–Trinajstić information content (AvgIpc) is 3.18. The van der Waals surface area contributed by atoms with Crippen molar-refractivity contribution in [1.29, 1.82) is 0 Å². The zero-order chi connectivity index (χ0) is 23.4. The lowest BCUT2D eigenvalue weighted by atomic mass is 10.2. The molecule has 0 aliphatic rings. The van der Waals surface area contributed by atoms with Crippen LogP contribution in [0.3, 0.4) is 0 Å². The van der Waals surface area contributed by atoms with E-state index in [9.17, 15) is 0 Å². The van der Waals surface area contributed by atoms with Crippen LogP contribution in [0.4, 0.5) is 0 Å². The number of hydrogen-bond donors (Lipinski definition) is 0. The highest BCUT2D eigenvalue weighted by Crippen LogP contribution is 2.10. The highest BCUT2D eigenvalue weighted by atomic mass is 32.1. The molecule has 1 aromatic carbocycles. The first-order valence-corrected chi connectivity index (χ1v) is 11.4. The van der Waals surface area contributed by atoms with E-state index in [0.717, 1.165) is 11.4 Å². The van der Waals surface area contributed by atoms with Crippen molar-refractivity contribution in [2.75, 3.05) is 0 Å². The van der Waals surface area contributed by atoms with Crippen LogP contribution in [0.15, 0.2) is 60.1 Å². The quantitative estimate of drug-likeness (QED) is 0.288. The Labute approximate surface area is 192 Å². The summed E-state index contributed by atoms with van der Waals surface area (Å²) in [4.78, 5) is 5.44. The van der Waals surface area contributed by atoms with Crippen LogP contribution in [-0.2, 0) is 7.05 Å². The predicted molar refractivity (Wildman–Crippen MR) is 136 cm³/mol. The number of benzene rings is 1. The summed E-state index contributed by atoms with van der Waals surface area (Å²) in [7, 11) is 1.95. The molecule has 3 aromatic heterocycles. The second-order valence-corrected chi connectivity index (χ2v) is 9.03. The van der Waals surface area contributed by atoms with Crippen molar-refractivity contribution < 1.29 is 0 Å². The van der Waals surface area contributed by atoms with E-state index in [-0.39, 0.29) is 0 Å². The molecule has 0 amide bonds. The van der Waals surface area contributed by atoms with Gasteiger partial charge in [0.05, 0.1) is 5.69 Å². The average molecular weight is 436 g/mol. The number of thiophene rings is 1. The van der Waals surface area contributed by atoms with E-state index in [1.807, 2.05) is 44.8 Å². The van der Waals surface area contributed by atoms with E-state index >= 15 is 0 Å². The number of rotatable bonds is 0. The molecule has 0 aliphatic heterocycles. The van der Waals surface area contributed by atoms with Crippen molar-refractivity contribution in [3.05, 3.63) is 104 Å². The van der Waals surface area contributed by atoms with Gasteiger partial charge in [0.15, 0.2) is 0 Å². The van der Waals surface area contributed by atoms with Gasteiger partial charge in [-0.15, -0.1) is 11.3 Å². The maximum Gasteiger partial charge on any atom is 0.0596 e. The smallest absolute Gasteiger partial charge is 0.0596 e. The summed E-state index contributed by atoms with van der Waals surface area (Å²) in [6.45, 7) is 16.5. The standard InChI is InChI=1S/C8H10.C7H9N.C6H10N2.C6H8S/c1-7-4-3-5-8(2)6-7;1-6-3-4-8-7(2)5-6;1-5-4-6(2)8(3)7-5;1-5-3-6(2)7-4-5/h3-6H,1-2H3;3-5H,1-2H3;4H,1-3H3;3-4H,1-2H3. The molecule has 0 aliphatic carbocycles. The Morgan fingerprint density at radius 1 is 0.677 bits per heavy atom. The van der Waals surface area contributed by atoms with Crippen LogP contribution < -0.4 is 0 Å². The largest absolute Gasteiger partial charge is 0.273 e. The minimum absolute atomic E-state index is 1.09. The molecule has 3 nitrogen and oxygen atoms in total. The first-order chi connectivity index (χ1) is 14.6. The lowest BCUT2D eigenvalue weighted by molar-refractivity contribution is 0.731. The van der Waals surface area contributed by atoms with Crippen LogP contribution in [0.5, 0.6) is 0 Å². The highest BCUT2D eigenvalue weighted by molar-refractivity contribution is 7.10. The van der Waals surface area contributed by atoms with E-state index in [4.69, 9.17) is 0 Å². The molecule has 31 heavy (non-hydrogen) atoms. The third-order valence-corrected chi connectivity index (χ3v) is 5.30. The number of aromatic nitrogens is 3. The lowest BCUT2D eigenvalue weighted by Crippen LogP contribution is -1.91. The van der Waals surface area contributed by atoms with E-state index in [0.29, 0.717) is 0 Å². The molecule has 0 atom stereocenters. The van der Waals surface area contributed by atoms with Crippen molar-refractivity contribution in [2.45, 2.75) is 55.4 Å². The molecule has 3 heterocycles. The van der Waals surface area contributed by atoms with Gasteiger partial charge in [0, 0.05) is 29.5 Å². The van der Waals surface area contributed by atoms with Crippen LogP contribution in [0.25, 0.3) is 0 Å². The van der Waals surface area contributed by atoms with Gasteiger partial charge in [-0.2, -0.15) is 5.10 Å². The van der Waals surface area contributed by atoms with Crippen LogP contribution in [-0.4, -0.2) is 14.8 Å². The van der Waals surface area contributed by atoms with Crippen LogP contribution >= 0.6 is 11.3 Å². The van der Waals surface area contributed by atoms with E-state index in [2.05, 4.69) is 92.5 Å². The summed E-state index contributed by atoms with van der Waals surface area (Å²) in [5.74, 6) is 0. The minimum atomic E-state index is 1.09. The SMILES string of the molecule is Cc1cc(C)n(C)n1.Cc1cccc(C)c1.Cc1ccnc(C)c1.Cc1csc(C)c1. The molecule has 166 valence electrons. The Morgan fingerprint density at radius 2 is 1.29 bits per heavy atom. The van der Waals surface area contributed by atoms with Crippen LogP contribution in [0.1, 0.15) is 44.2 Å². The fraction of sp³-hybridized carbons (Fsp3) is 0.333. The van der Waals surface area contributed by atoms with E-state index in [1.165, 1.54) is 32.8 Å². The topological polar surface area (TPSA) is 30.7 Å². The molecular formula is C27H37N3S. The summed E-state index contributed by atoms with van der Waals surface area (Å²) >= 11 is 1.80. The van der Waals surface area contributed by atoms with Crippen LogP contribution in [0, 0.1) is 55.4 Å². The fourth-order valence-corrected chi connectivity index (χ4v) is 3.50. The van der Waals surface area contributed by atoms with Crippen molar-refractivity contribution in [3.63, 3.8) is 0 Å². The van der Waals surface area contributed by atoms with Crippen LogP contribution in [0.2, 0.25) is 0 Å². The minimum Gasteiger partial charge on any atom is -0.273 e. The molecule has 4 aromatic rings. The van der Waals surface area contributed by atoms with Gasteiger partial charge in [0.2, 0.25) is 0 Å². The monoisotopic (exact) mass is 435 g/mol. The second-order valence-electron chi connectivity index (χ2n) is 7.92. The Hall–Kier alpha value is -2.72. The lowest BCUT2D eigenvalue weighted by Gasteiger charge is -1.90. The summed E-state index contributed by atoms with van der Waals surface area (Å²) in [5.41, 5.74) is 8.72. The Balaban J connectivity index is 0.000000207. The molecule has 0 saturated carbocycles. The molecule has 0 bridgehead atoms. The highest BCUT2D eigenvalue weighted by Gasteiger charge is 1.91. The first kappa shape index (κ1) is 26.3. The fourth-order valence-electron chi connectivity index (χ4n) is 2.81. The summed E-state index contributed by atoms with van der Waals surface area (Å²) in [5, 5.41) is 6.29. The Bertz CT molecular complexity index is 930. The molecule has 0 N–H and O–H groups in total. The first-order valence-electron chi connectivity index (χ1n) is 10.5. The van der Waals surface area contributed by atoms with Crippen molar-refractivity contribution in [1.82, 2.24) is 14.8 Å². The second kappa shape index (κ2) is 13.6. The van der Waals surface area contributed by atoms with E-state index in [1.54, 1.807) is 11.3 Å². The summed E-state index contributed by atoms with van der Waals surface area (Å²) < 4.78 is 1.87. The number of aryl methyl sites for hydroxylation is 9. The number of nitrogens with zero attached hydrogens (tertiary/aromatic N) is 3. The third kappa shape index (κ3) is 11.9. The van der Waals surface area contributed by atoms with Gasteiger partial charge >= 0.3 is 0 Å². The van der Waals surface area contributed by atoms with Crippen molar-refractivity contribution in [2.24, 2.45) is 7.05 Å². The van der Waals surface area contributed by atoms with Gasteiger partial charge in [-0.05, 0) is 96.2 Å². The van der Waals surface area contributed by atoms with Gasteiger partial charge in [-0.1, -0.05) is 35.4 Å². The zero-order valence-electron chi connectivity index (χ0n) is 20.5. The molecule has 0 saturated heterocycles. The van der Waals surface area contributed by atoms with Gasteiger partial charge in [-0.25, -0.2) is 0 Å². The molecule has 0 fully saturated rings. The number of pyridine rings is 1. The van der Waals surface area contributed by atoms with Gasteiger partial charge in [0.25, 0.3) is 0 Å². The maximum absolute atomic E-state index is 4.13. The zero-order valence-corrected chi connectivity index (χ0v) is 21.3. The van der Waals surface area contributed by atoms with Gasteiger partial charge in [-0.3, -0.25) is 9.67 Å². The van der Waals surface area contributed by atoms with E-state index < -0.39 is 0 Å². The summed E-state index contributed by atoms with van der Waals surface area (Å²) in [6.07, 6.45) is 1.82. The molecule has 4 rings (SSSR count). The van der Waals surface area contributed by atoms with Crippen molar-refractivity contribution in [3.8, 4) is 0 Å². The van der Waals surface area contributed by atoms with Crippen molar-refractivity contribution >= 4 is 11.3 Å². The Morgan fingerprint density at radius 3 is 1.52 bits per heavy atom. The normalized spacial score (nSPS) is 9.45. The maximum atomic E-state index is 4.13. The molecule has 4 heteroatoms. The van der Waals surface area contributed by atoms with Gasteiger partial charge < -0.3 is 0 Å². The third-order valence-electron chi connectivity index (χ3n) is 4.32. The van der Waals surface area contributed by atoms with Gasteiger partial charge in [0.1, 0.15) is 0 Å². The predicted octanol–water partition coefficient (Wildman–Crippen LogP) is 7.40. The molecule has 0 radical (unpaired) electrons. The molecule has 0 unspecified atom stereocenters. The molecule has 0 spiro atoms. The summed E-state index contributed by atoms with van der Waals surface area (Å²) in [6, 6.07) is 16.7. The number of hydrogen-bond acceptors (Lipinski definition) is 3.